The predicted molar refractivity (Wildman–Crippen MR) is 70.0 cm³/mol. The van der Waals surface area contributed by atoms with E-state index in [4.69, 9.17) is 11.6 Å². The van der Waals surface area contributed by atoms with E-state index in [0.29, 0.717) is 16.5 Å². The Bertz CT molecular complexity index is 626. The third-order valence-electron chi connectivity index (χ3n) is 2.52. The molecular formula is C13H10ClFN2O2. The third-order valence-corrected chi connectivity index (χ3v) is 2.73. The molecule has 2 rings (SSSR count). The van der Waals surface area contributed by atoms with Gasteiger partial charge in [0.1, 0.15) is 22.3 Å². The topological polar surface area (TPSA) is 62.2 Å². The van der Waals surface area contributed by atoms with Gasteiger partial charge in [-0.25, -0.2) is 9.37 Å². The third kappa shape index (κ3) is 2.82. The van der Waals surface area contributed by atoms with Crippen LogP contribution < -0.4 is 5.32 Å². The largest absolute Gasteiger partial charge is 0.507 e. The number of aryl methyl sites for hydroxylation is 1. The molecule has 1 amide bonds. The molecule has 6 heteroatoms. The molecule has 0 unspecified atom stereocenters. The maximum atomic E-state index is 13.5. The van der Waals surface area contributed by atoms with Crippen molar-refractivity contribution in [2.75, 3.05) is 5.32 Å². The van der Waals surface area contributed by atoms with Gasteiger partial charge in [-0.2, -0.15) is 0 Å². The van der Waals surface area contributed by atoms with Crippen molar-refractivity contribution >= 4 is 23.2 Å². The number of benzene rings is 1. The number of carbonyl (C=O) groups is 1. The van der Waals surface area contributed by atoms with Gasteiger partial charge in [0.05, 0.1) is 11.4 Å². The average molecular weight is 281 g/mol. The first-order chi connectivity index (χ1) is 8.99. The zero-order chi connectivity index (χ0) is 14.0. The molecular weight excluding hydrogens is 271 g/mol. The van der Waals surface area contributed by atoms with E-state index in [-0.39, 0.29) is 0 Å². The summed E-state index contributed by atoms with van der Waals surface area (Å²) in [4.78, 5) is 15.9. The summed E-state index contributed by atoms with van der Waals surface area (Å²) in [5, 5.41) is 12.3. The number of hydrogen-bond acceptors (Lipinski definition) is 3. The van der Waals surface area contributed by atoms with Gasteiger partial charge in [0, 0.05) is 0 Å². The highest BCUT2D eigenvalue weighted by Gasteiger charge is 2.17. The Hall–Kier alpha value is -2.14. The molecule has 0 aliphatic heterocycles. The van der Waals surface area contributed by atoms with Crippen molar-refractivity contribution in [1.29, 1.82) is 0 Å². The van der Waals surface area contributed by atoms with E-state index >= 15 is 0 Å². The molecule has 1 aromatic heterocycles. The van der Waals surface area contributed by atoms with Crippen LogP contribution in [0.3, 0.4) is 0 Å². The van der Waals surface area contributed by atoms with Crippen LogP contribution in [0.2, 0.25) is 5.15 Å². The normalized spacial score (nSPS) is 10.3. The minimum absolute atomic E-state index is 0.296. The lowest BCUT2D eigenvalue weighted by Gasteiger charge is -2.09. The molecule has 2 N–H and O–H groups in total. The molecule has 0 radical (unpaired) electrons. The number of nitrogens with one attached hydrogen (secondary N) is 1. The molecule has 0 spiro atoms. The maximum Gasteiger partial charge on any atom is 0.262 e. The van der Waals surface area contributed by atoms with Gasteiger partial charge in [-0.3, -0.25) is 4.79 Å². The number of halogens is 2. The molecule has 0 fully saturated rings. The standard InChI is InChI=1S/C13H10ClFN2O2/c1-7-9(5-6-11(14)16-7)17-13(19)12-8(15)3-2-4-10(12)18/h2-6,18H,1H3,(H,17,19). The average Bonchev–Trinajstić information content (AvgIpc) is 2.32. The van der Waals surface area contributed by atoms with Crippen LogP contribution in [-0.4, -0.2) is 16.0 Å². The van der Waals surface area contributed by atoms with Crippen molar-refractivity contribution in [3.8, 4) is 5.75 Å². The van der Waals surface area contributed by atoms with Crippen molar-refractivity contribution in [1.82, 2.24) is 4.98 Å². The molecule has 0 bridgehead atoms. The second-order valence-electron chi connectivity index (χ2n) is 3.86. The lowest BCUT2D eigenvalue weighted by molar-refractivity contribution is 0.102. The fourth-order valence-electron chi connectivity index (χ4n) is 1.58. The molecule has 2 aromatic rings. The summed E-state index contributed by atoms with van der Waals surface area (Å²) in [6.07, 6.45) is 0. The lowest BCUT2D eigenvalue weighted by Crippen LogP contribution is -2.15. The molecule has 19 heavy (non-hydrogen) atoms. The summed E-state index contributed by atoms with van der Waals surface area (Å²) in [6.45, 7) is 1.66. The summed E-state index contributed by atoms with van der Waals surface area (Å²) in [5.41, 5.74) is 0.491. The van der Waals surface area contributed by atoms with E-state index in [1.54, 1.807) is 13.0 Å². The molecule has 4 nitrogen and oxygen atoms in total. The molecule has 0 saturated heterocycles. The predicted octanol–water partition coefficient (Wildman–Crippen LogP) is 3.14. The number of pyridine rings is 1. The number of phenolic OH excluding ortho intramolecular Hbond substituents is 1. The summed E-state index contributed by atoms with van der Waals surface area (Å²) in [6, 6.07) is 6.72. The van der Waals surface area contributed by atoms with Crippen molar-refractivity contribution < 1.29 is 14.3 Å². The van der Waals surface area contributed by atoms with Crippen LogP contribution in [0.5, 0.6) is 5.75 Å². The minimum Gasteiger partial charge on any atom is -0.507 e. The summed E-state index contributed by atoms with van der Waals surface area (Å²) >= 11 is 5.70. The van der Waals surface area contributed by atoms with Crippen LogP contribution >= 0.6 is 11.6 Å². The van der Waals surface area contributed by atoms with Crippen LogP contribution in [0.1, 0.15) is 16.1 Å². The molecule has 0 aliphatic rings. The first-order valence-corrected chi connectivity index (χ1v) is 5.79. The van der Waals surface area contributed by atoms with Gasteiger partial charge in [0.25, 0.3) is 5.91 Å². The van der Waals surface area contributed by atoms with Gasteiger partial charge in [0.15, 0.2) is 0 Å². The van der Waals surface area contributed by atoms with E-state index in [2.05, 4.69) is 10.3 Å². The molecule has 1 aromatic carbocycles. The van der Waals surface area contributed by atoms with Crippen LogP contribution in [0.15, 0.2) is 30.3 Å². The Morgan fingerprint density at radius 2 is 2.11 bits per heavy atom. The molecule has 0 atom stereocenters. The Morgan fingerprint density at radius 1 is 1.37 bits per heavy atom. The highest BCUT2D eigenvalue weighted by atomic mass is 35.5. The van der Waals surface area contributed by atoms with Crippen molar-refractivity contribution in [2.45, 2.75) is 6.92 Å². The van der Waals surface area contributed by atoms with Crippen molar-refractivity contribution in [2.24, 2.45) is 0 Å². The molecule has 1 heterocycles. The minimum atomic E-state index is -0.794. The number of aromatic nitrogens is 1. The van der Waals surface area contributed by atoms with E-state index in [1.165, 1.54) is 18.2 Å². The number of amides is 1. The number of nitrogens with zero attached hydrogens (tertiary/aromatic N) is 1. The quantitative estimate of drug-likeness (QED) is 0.831. The molecule has 98 valence electrons. The Labute approximate surface area is 113 Å². The first kappa shape index (κ1) is 13.3. The molecule has 0 saturated carbocycles. The smallest absolute Gasteiger partial charge is 0.262 e. The Kier molecular flexibility index (Phi) is 3.66. The zero-order valence-corrected chi connectivity index (χ0v) is 10.7. The van der Waals surface area contributed by atoms with Gasteiger partial charge in [-0.1, -0.05) is 17.7 Å². The number of anilines is 1. The van der Waals surface area contributed by atoms with Crippen molar-refractivity contribution in [3.63, 3.8) is 0 Å². The fourth-order valence-corrected chi connectivity index (χ4v) is 1.77. The van der Waals surface area contributed by atoms with Gasteiger partial charge in [-0.15, -0.1) is 0 Å². The fraction of sp³-hybridized carbons (Fsp3) is 0.0769. The van der Waals surface area contributed by atoms with Crippen LogP contribution in [0.25, 0.3) is 0 Å². The highest BCUT2D eigenvalue weighted by molar-refractivity contribution is 6.29. The number of hydrogen-bond donors (Lipinski definition) is 2. The van der Waals surface area contributed by atoms with E-state index in [1.807, 2.05) is 0 Å². The number of carbonyl (C=O) groups excluding carboxylic acids is 1. The Balaban J connectivity index is 2.31. The Morgan fingerprint density at radius 3 is 2.74 bits per heavy atom. The van der Waals surface area contributed by atoms with Gasteiger partial charge >= 0.3 is 0 Å². The summed E-state index contributed by atoms with van der Waals surface area (Å²) in [7, 11) is 0. The van der Waals surface area contributed by atoms with Gasteiger partial charge < -0.3 is 10.4 Å². The number of phenols is 1. The zero-order valence-electron chi connectivity index (χ0n) is 9.95. The molecule has 0 aliphatic carbocycles. The second-order valence-corrected chi connectivity index (χ2v) is 4.24. The van der Waals surface area contributed by atoms with E-state index in [9.17, 15) is 14.3 Å². The van der Waals surface area contributed by atoms with Crippen LogP contribution in [-0.2, 0) is 0 Å². The maximum absolute atomic E-state index is 13.5. The van der Waals surface area contributed by atoms with E-state index in [0.717, 1.165) is 6.07 Å². The SMILES string of the molecule is Cc1nc(Cl)ccc1NC(=O)c1c(O)cccc1F. The van der Waals surface area contributed by atoms with Crippen LogP contribution in [0, 0.1) is 12.7 Å². The monoisotopic (exact) mass is 280 g/mol. The number of rotatable bonds is 2. The summed E-state index contributed by atoms with van der Waals surface area (Å²) in [5.74, 6) is -1.96. The van der Waals surface area contributed by atoms with Gasteiger partial charge in [0.2, 0.25) is 0 Å². The van der Waals surface area contributed by atoms with Gasteiger partial charge in [-0.05, 0) is 31.2 Å². The highest BCUT2D eigenvalue weighted by Crippen LogP contribution is 2.22. The summed E-state index contributed by atoms with van der Waals surface area (Å²) < 4.78 is 13.5. The van der Waals surface area contributed by atoms with Crippen molar-refractivity contribution in [3.05, 3.63) is 52.6 Å². The van der Waals surface area contributed by atoms with E-state index < -0.39 is 23.0 Å². The number of aromatic hydroxyl groups is 1. The first-order valence-electron chi connectivity index (χ1n) is 5.41. The second kappa shape index (κ2) is 5.24. The van der Waals surface area contributed by atoms with Crippen LogP contribution in [0.4, 0.5) is 10.1 Å². The lowest BCUT2D eigenvalue weighted by atomic mass is 10.1.